The fraction of sp³-hybridized carbons (Fsp3) is 0.500. The summed E-state index contributed by atoms with van der Waals surface area (Å²) in [7, 11) is 4.33. The Bertz CT molecular complexity index is 525. The van der Waals surface area contributed by atoms with E-state index in [1.165, 1.54) is 12.0 Å². The van der Waals surface area contributed by atoms with Crippen molar-refractivity contribution in [3.05, 3.63) is 30.1 Å². The van der Waals surface area contributed by atoms with Gasteiger partial charge in [-0.2, -0.15) is 0 Å². The van der Waals surface area contributed by atoms with Crippen molar-refractivity contribution < 1.29 is 0 Å². The van der Waals surface area contributed by atoms with Crippen LogP contribution >= 0.6 is 0 Å². The van der Waals surface area contributed by atoms with Crippen LogP contribution in [0.1, 0.15) is 18.0 Å². The van der Waals surface area contributed by atoms with Gasteiger partial charge in [-0.15, -0.1) is 0 Å². The van der Waals surface area contributed by atoms with Crippen molar-refractivity contribution in [1.29, 1.82) is 0 Å². The monoisotopic (exact) mass is 244 g/mol. The van der Waals surface area contributed by atoms with E-state index in [9.17, 15) is 0 Å². The number of aromatic amines is 1. The minimum atomic E-state index is 0.479. The number of imidazole rings is 1. The highest BCUT2D eigenvalue weighted by Crippen LogP contribution is 2.31. The SMILES string of the molecule is CN(C)C(c1ccc2nc[nH]c2c1)C1CCNC1. The Hall–Kier alpha value is -1.39. The summed E-state index contributed by atoms with van der Waals surface area (Å²) >= 11 is 0. The van der Waals surface area contributed by atoms with Gasteiger partial charge in [0.1, 0.15) is 0 Å². The Kier molecular flexibility index (Phi) is 3.06. The van der Waals surface area contributed by atoms with Crippen molar-refractivity contribution in [3.8, 4) is 0 Å². The Labute approximate surface area is 107 Å². The van der Waals surface area contributed by atoms with Crippen LogP contribution in [0.15, 0.2) is 24.5 Å². The molecule has 0 radical (unpaired) electrons. The van der Waals surface area contributed by atoms with Gasteiger partial charge < -0.3 is 15.2 Å². The molecule has 1 aliphatic rings. The number of rotatable bonds is 3. The molecular weight excluding hydrogens is 224 g/mol. The average Bonchev–Trinajstić information content (AvgIpc) is 2.98. The molecule has 1 saturated heterocycles. The molecule has 1 aromatic carbocycles. The van der Waals surface area contributed by atoms with Crippen molar-refractivity contribution in [3.63, 3.8) is 0 Å². The molecule has 0 bridgehead atoms. The lowest BCUT2D eigenvalue weighted by atomic mass is 9.91. The van der Waals surface area contributed by atoms with Gasteiger partial charge in [0, 0.05) is 6.04 Å². The minimum absolute atomic E-state index is 0.479. The maximum atomic E-state index is 4.28. The summed E-state index contributed by atoms with van der Waals surface area (Å²) in [6, 6.07) is 7.05. The number of fused-ring (bicyclic) bond motifs is 1. The molecule has 2 aromatic rings. The number of nitrogens with zero attached hydrogens (tertiary/aromatic N) is 2. The smallest absolute Gasteiger partial charge is 0.0931 e. The number of hydrogen-bond donors (Lipinski definition) is 2. The predicted molar refractivity (Wildman–Crippen MR) is 73.5 cm³/mol. The van der Waals surface area contributed by atoms with Crippen LogP contribution in [-0.4, -0.2) is 42.1 Å². The van der Waals surface area contributed by atoms with Crippen molar-refractivity contribution in [2.24, 2.45) is 5.92 Å². The molecule has 0 spiro atoms. The first-order chi connectivity index (χ1) is 8.75. The minimum Gasteiger partial charge on any atom is -0.345 e. The summed E-state index contributed by atoms with van der Waals surface area (Å²) in [5.74, 6) is 0.695. The van der Waals surface area contributed by atoms with Crippen molar-refractivity contribution >= 4 is 11.0 Å². The molecule has 1 fully saturated rings. The van der Waals surface area contributed by atoms with Gasteiger partial charge in [0.25, 0.3) is 0 Å². The van der Waals surface area contributed by atoms with Crippen molar-refractivity contribution in [2.45, 2.75) is 12.5 Å². The average molecular weight is 244 g/mol. The first-order valence-corrected chi connectivity index (χ1v) is 6.56. The van der Waals surface area contributed by atoms with E-state index in [1.54, 1.807) is 6.33 Å². The Morgan fingerprint density at radius 2 is 2.28 bits per heavy atom. The molecule has 4 nitrogen and oxygen atoms in total. The topological polar surface area (TPSA) is 44.0 Å². The van der Waals surface area contributed by atoms with E-state index < -0.39 is 0 Å². The first-order valence-electron chi connectivity index (χ1n) is 6.56. The molecule has 1 aliphatic heterocycles. The summed E-state index contributed by atoms with van der Waals surface area (Å²) in [5.41, 5.74) is 3.55. The van der Waals surface area contributed by atoms with E-state index >= 15 is 0 Å². The third-order valence-corrected chi connectivity index (χ3v) is 3.89. The number of aromatic nitrogens is 2. The molecular formula is C14H20N4. The second-order valence-corrected chi connectivity index (χ2v) is 5.34. The van der Waals surface area contributed by atoms with Crippen LogP contribution in [0.25, 0.3) is 11.0 Å². The Balaban J connectivity index is 1.97. The van der Waals surface area contributed by atoms with Crippen LogP contribution in [0.4, 0.5) is 0 Å². The maximum absolute atomic E-state index is 4.28. The van der Waals surface area contributed by atoms with Gasteiger partial charge in [-0.25, -0.2) is 4.98 Å². The number of benzene rings is 1. The molecule has 3 rings (SSSR count). The van der Waals surface area contributed by atoms with E-state index in [1.807, 2.05) is 0 Å². The van der Waals surface area contributed by atoms with Crippen LogP contribution in [-0.2, 0) is 0 Å². The molecule has 2 N–H and O–H groups in total. The van der Waals surface area contributed by atoms with Gasteiger partial charge in [-0.3, -0.25) is 0 Å². The maximum Gasteiger partial charge on any atom is 0.0931 e. The van der Waals surface area contributed by atoms with Gasteiger partial charge in [0.2, 0.25) is 0 Å². The molecule has 0 amide bonds. The summed E-state index contributed by atoms with van der Waals surface area (Å²) in [5, 5.41) is 3.46. The largest absolute Gasteiger partial charge is 0.345 e. The number of H-pyrrole nitrogens is 1. The van der Waals surface area contributed by atoms with Crippen LogP contribution in [0.3, 0.4) is 0 Å². The highest BCUT2D eigenvalue weighted by molar-refractivity contribution is 5.75. The summed E-state index contributed by atoms with van der Waals surface area (Å²) in [6.45, 7) is 2.26. The second kappa shape index (κ2) is 4.71. The fourth-order valence-corrected chi connectivity index (χ4v) is 3.08. The number of nitrogens with one attached hydrogen (secondary N) is 2. The highest BCUT2D eigenvalue weighted by atomic mass is 15.1. The van der Waals surface area contributed by atoms with Crippen molar-refractivity contribution in [2.75, 3.05) is 27.2 Å². The third-order valence-electron chi connectivity index (χ3n) is 3.89. The zero-order valence-corrected chi connectivity index (χ0v) is 11.0. The van der Waals surface area contributed by atoms with Gasteiger partial charge in [0.05, 0.1) is 17.4 Å². The molecule has 4 heteroatoms. The van der Waals surface area contributed by atoms with Crippen molar-refractivity contribution in [1.82, 2.24) is 20.2 Å². The van der Waals surface area contributed by atoms with Crippen LogP contribution < -0.4 is 5.32 Å². The van der Waals surface area contributed by atoms with Gasteiger partial charge in [-0.1, -0.05) is 6.07 Å². The fourth-order valence-electron chi connectivity index (χ4n) is 3.08. The highest BCUT2D eigenvalue weighted by Gasteiger charge is 2.27. The third kappa shape index (κ3) is 2.02. The molecule has 96 valence electrons. The summed E-state index contributed by atoms with van der Waals surface area (Å²) < 4.78 is 0. The molecule has 2 heterocycles. The van der Waals surface area contributed by atoms with E-state index in [0.717, 1.165) is 24.1 Å². The summed E-state index contributed by atoms with van der Waals surface area (Å²) in [6.07, 6.45) is 3.01. The van der Waals surface area contributed by atoms with Crippen LogP contribution in [0.5, 0.6) is 0 Å². The van der Waals surface area contributed by atoms with E-state index in [0.29, 0.717) is 12.0 Å². The lowest BCUT2D eigenvalue weighted by molar-refractivity contribution is 0.223. The Morgan fingerprint density at radius 1 is 1.39 bits per heavy atom. The van der Waals surface area contributed by atoms with Crippen LogP contribution in [0.2, 0.25) is 0 Å². The van der Waals surface area contributed by atoms with E-state index in [4.69, 9.17) is 0 Å². The van der Waals surface area contributed by atoms with Gasteiger partial charge >= 0.3 is 0 Å². The predicted octanol–water partition coefficient (Wildman–Crippen LogP) is 1.78. The zero-order valence-electron chi connectivity index (χ0n) is 11.0. The van der Waals surface area contributed by atoms with Crippen LogP contribution in [0, 0.1) is 5.92 Å². The molecule has 0 saturated carbocycles. The first kappa shape index (κ1) is 11.7. The molecule has 2 unspecified atom stereocenters. The standard InChI is InChI=1S/C14H20N4/c1-18(2)14(11-5-6-15-8-11)10-3-4-12-13(7-10)17-9-16-12/h3-4,7,9,11,14-15H,5-6,8H2,1-2H3,(H,16,17). The Morgan fingerprint density at radius 3 is 3.00 bits per heavy atom. The molecule has 0 aliphatic carbocycles. The second-order valence-electron chi connectivity index (χ2n) is 5.34. The normalized spacial score (nSPS) is 21.8. The summed E-state index contributed by atoms with van der Waals surface area (Å²) in [4.78, 5) is 9.81. The van der Waals surface area contributed by atoms with E-state index in [2.05, 4.69) is 52.5 Å². The zero-order chi connectivity index (χ0) is 12.5. The lowest BCUT2D eigenvalue weighted by Crippen LogP contribution is -2.28. The lowest BCUT2D eigenvalue weighted by Gasteiger charge is -2.30. The van der Waals surface area contributed by atoms with Gasteiger partial charge in [-0.05, 0) is 57.2 Å². The quantitative estimate of drug-likeness (QED) is 0.865. The van der Waals surface area contributed by atoms with E-state index in [-0.39, 0.29) is 0 Å². The number of hydrogen-bond acceptors (Lipinski definition) is 3. The molecule has 2 atom stereocenters. The molecule has 18 heavy (non-hydrogen) atoms. The molecule has 1 aromatic heterocycles. The van der Waals surface area contributed by atoms with Gasteiger partial charge in [0.15, 0.2) is 0 Å².